The number of thiocarbonyl (C=S) groups is 1. The molecule has 2 rings (SSSR count). The van der Waals surface area contributed by atoms with E-state index in [0.717, 1.165) is 16.7 Å². The fraction of sp³-hybridized carbons (Fsp3) is 0.500. The molecule has 1 saturated carbocycles. The summed E-state index contributed by atoms with van der Waals surface area (Å²) < 4.78 is 0. The molecule has 2 nitrogen and oxygen atoms in total. The van der Waals surface area contributed by atoms with Crippen molar-refractivity contribution in [3.8, 4) is 0 Å². The van der Waals surface area contributed by atoms with E-state index in [-0.39, 0.29) is 0 Å². The third kappa shape index (κ3) is 3.85. The summed E-state index contributed by atoms with van der Waals surface area (Å²) in [4.78, 5) is 2.08. The van der Waals surface area contributed by atoms with Crippen molar-refractivity contribution in [1.29, 1.82) is 0 Å². The summed E-state index contributed by atoms with van der Waals surface area (Å²) in [6, 6.07) is 8.48. The summed E-state index contributed by atoms with van der Waals surface area (Å²) in [7, 11) is 2.03. The van der Waals surface area contributed by atoms with E-state index >= 15 is 0 Å². The molecule has 98 valence electrons. The molecule has 0 saturated heterocycles. The molecule has 0 aliphatic heterocycles. The Bertz CT molecular complexity index is 399. The highest BCUT2D eigenvalue weighted by Crippen LogP contribution is 2.18. The van der Waals surface area contributed by atoms with Crippen molar-refractivity contribution in [2.75, 3.05) is 7.05 Å². The van der Waals surface area contributed by atoms with Gasteiger partial charge in [-0.1, -0.05) is 36.6 Å². The van der Waals surface area contributed by atoms with Gasteiger partial charge in [-0.2, -0.15) is 0 Å². The first-order valence-electron chi connectivity index (χ1n) is 6.41. The van der Waals surface area contributed by atoms with E-state index in [2.05, 4.69) is 10.2 Å². The maximum Gasteiger partial charge on any atom is 0.169 e. The average molecular weight is 283 g/mol. The van der Waals surface area contributed by atoms with Crippen LogP contribution >= 0.6 is 23.8 Å². The van der Waals surface area contributed by atoms with E-state index in [1.807, 2.05) is 31.3 Å². The summed E-state index contributed by atoms with van der Waals surface area (Å²) in [5, 5.41) is 5.06. The zero-order chi connectivity index (χ0) is 13.0. The molecule has 0 atom stereocenters. The third-order valence-electron chi connectivity index (χ3n) is 3.36. The second-order valence-electron chi connectivity index (χ2n) is 4.91. The number of nitrogens with zero attached hydrogens (tertiary/aromatic N) is 1. The van der Waals surface area contributed by atoms with Gasteiger partial charge in [0.05, 0.1) is 0 Å². The van der Waals surface area contributed by atoms with E-state index in [0.29, 0.717) is 6.04 Å². The van der Waals surface area contributed by atoms with E-state index in [9.17, 15) is 0 Å². The molecule has 1 aliphatic rings. The number of hydrogen-bond donors (Lipinski definition) is 1. The number of benzene rings is 1. The number of halogens is 1. The molecule has 1 N–H and O–H groups in total. The lowest BCUT2D eigenvalue weighted by Crippen LogP contribution is -2.41. The molecule has 4 heteroatoms. The van der Waals surface area contributed by atoms with E-state index in [4.69, 9.17) is 23.8 Å². The highest BCUT2D eigenvalue weighted by molar-refractivity contribution is 7.80. The van der Waals surface area contributed by atoms with Gasteiger partial charge in [-0.05, 0) is 42.8 Å². The highest BCUT2D eigenvalue weighted by Gasteiger charge is 2.16. The average Bonchev–Trinajstić information content (AvgIpc) is 2.85. The minimum absolute atomic E-state index is 0.574. The van der Waals surface area contributed by atoms with Crippen LogP contribution in [0.4, 0.5) is 0 Å². The molecule has 0 aromatic heterocycles. The molecule has 18 heavy (non-hydrogen) atoms. The van der Waals surface area contributed by atoms with Crippen molar-refractivity contribution in [2.45, 2.75) is 38.3 Å². The molecule has 0 bridgehead atoms. The number of hydrogen-bond acceptors (Lipinski definition) is 1. The topological polar surface area (TPSA) is 15.3 Å². The van der Waals surface area contributed by atoms with Crippen molar-refractivity contribution in [1.82, 2.24) is 10.2 Å². The highest BCUT2D eigenvalue weighted by atomic mass is 35.5. The second kappa shape index (κ2) is 6.39. The molecule has 1 aromatic carbocycles. The summed E-state index contributed by atoms with van der Waals surface area (Å²) in [6.07, 6.45) is 5.13. The molecule has 0 spiro atoms. The Balaban J connectivity index is 1.84. The quantitative estimate of drug-likeness (QED) is 0.853. The molecular weight excluding hydrogens is 264 g/mol. The smallest absolute Gasteiger partial charge is 0.169 e. The Morgan fingerprint density at radius 3 is 2.56 bits per heavy atom. The first kappa shape index (κ1) is 13.6. The first-order chi connectivity index (χ1) is 8.65. The Labute approximate surface area is 119 Å². The largest absolute Gasteiger partial charge is 0.360 e. The monoisotopic (exact) mass is 282 g/mol. The van der Waals surface area contributed by atoms with Gasteiger partial charge in [0, 0.05) is 24.7 Å². The standard InChI is InChI=1S/C14H19ClN2S/c1-17(10-11-6-8-12(15)9-7-11)14(18)16-13-4-2-3-5-13/h6-9,13H,2-5,10H2,1H3,(H,16,18). The van der Waals surface area contributed by atoms with Gasteiger partial charge in [-0.25, -0.2) is 0 Å². The van der Waals surface area contributed by atoms with Gasteiger partial charge in [-0.15, -0.1) is 0 Å². The van der Waals surface area contributed by atoms with Crippen LogP contribution in [0.5, 0.6) is 0 Å². The summed E-state index contributed by atoms with van der Waals surface area (Å²) in [5.74, 6) is 0. The predicted molar refractivity (Wildman–Crippen MR) is 80.9 cm³/mol. The fourth-order valence-electron chi connectivity index (χ4n) is 2.29. The Morgan fingerprint density at radius 2 is 1.94 bits per heavy atom. The lowest BCUT2D eigenvalue weighted by atomic mass is 10.2. The predicted octanol–water partition coefficient (Wildman–Crippen LogP) is 3.59. The molecule has 0 amide bonds. The van der Waals surface area contributed by atoms with Gasteiger partial charge in [0.25, 0.3) is 0 Å². The third-order valence-corrected chi connectivity index (χ3v) is 4.04. The van der Waals surface area contributed by atoms with E-state index < -0.39 is 0 Å². The van der Waals surface area contributed by atoms with Crippen LogP contribution in [0.25, 0.3) is 0 Å². The van der Waals surface area contributed by atoms with Crippen LogP contribution in [0, 0.1) is 0 Å². The number of rotatable bonds is 3. The van der Waals surface area contributed by atoms with Crippen LogP contribution in [0.2, 0.25) is 5.02 Å². The van der Waals surface area contributed by atoms with Gasteiger partial charge in [-0.3, -0.25) is 0 Å². The van der Waals surface area contributed by atoms with Gasteiger partial charge in [0.15, 0.2) is 5.11 Å². The maximum absolute atomic E-state index is 5.87. The Hall–Kier alpha value is -0.800. The molecule has 0 heterocycles. The Morgan fingerprint density at radius 1 is 1.33 bits per heavy atom. The Kier molecular flexibility index (Phi) is 4.84. The van der Waals surface area contributed by atoms with Crippen LogP contribution in [0.3, 0.4) is 0 Å². The van der Waals surface area contributed by atoms with Crippen molar-refractivity contribution in [2.24, 2.45) is 0 Å². The SMILES string of the molecule is CN(Cc1ccc(Cl)cc1)C(=S)NC1CCCC1. The van der Waals surface area contributed by atoms with Crippen LogP contribution in [-0.2, 0) is 6.54 Å². The minimum atomic E-state index is 0.574. The van der Waals surface area contributed by atoms with Crippen LogP contribution in [0.15, 0.2) is 24.3 Å². The first-order valence-corrected chi connectivity index (χ1v) is 7.20. The van der Waals surface area contributed by atoms with Crippen molar-refractivity contribution >= 4 is 28.9 Å². The van der Waals surface area contributed by atoms with E-state index in [1.54, 1.807) is 0 Å². The molecule has 0 unspecified atom stereocenters. The van der Waals surface area contributed by atoms with Crippen molar-refractivity contribution in [3.05, 3.63) is 34.9 Å². The molecular formula is C14H19ClN2S. The fourth-order valence-corrected chi connectivity index (χ4v) is 2.65. The summed E-state index contributed by atoms with van der Waals surface area (Å²) in [5.41, 5.74) is 1.22. The van der Waals surface area contributed by atoms with E-state index in [1.165, 1.54) is 31.2 Å². The van der Waals surface area contributed by atoms with Crippen LogP contribution in [-0.4, -0.2) is 23.1 Å². The lowest BCUT2D eigenvalue weighted by Gasteiger charge is -2.24. The molecule has 0 radical (unpaired) electrons. The van der Waals surface area contributed by atoms with Gasteiger partial charge < -0.3 is 10.2 Å². The van der Waals surface area contributed by atoms with Crippen LogP contribution in [0.1, 0.15) is 31.2 Å². The minimum Gasteiger partial charge on any atom is -0.360 e. The van der Waals surface area contributed by atoms with Gasteiger partial charge >= 0.3 is 0 Å². The van der Waals surface area contributed by atoms with Crippen LogP contribution < -0.4 is 5.32 Å². The summed E-state index contributed by atoms with van der Waals surface area (Å²) in [6.45, 7) is 0.815. The van der Waals surface area contributed by atoms with Crippen molar-refractivity contribution < 1.29 is 0 Å². The normalized spacial score (nSPS) is 15.7. The second-order valence-corrected chi connectivity index (χ2v) is 5.74. The molecule has 1 aromatic rings. The zero-order valence-electron chi connectivity index (χ0n) is 10.7. The van der Waals surface area contributed by atoms with Gasteiger partial charge in [0.2, 0.25) is 0 Å². The maximum atomic E-state index is 5.87. The zero-order valence-corrected chi connectivity index (χ0v) is 12.2. The van der Waals surface area contributed by atoms with Crippen molar-refractivity contribution in [3.63, 3.8) is 0 Å². The molecule has 1 aliphatic carbocycles. The number of nitrogens with one attached hydrogen (secondary N) is 1. The molecule has 1 fully saturated rings. The summed E-state index contributed by atoms with van der Waals surface area (Å²) >= 11 is 11.3. The van der Waals surface area contributed by atoms with Gasteiger partial charge in [0.1, 0.15) is 0 Å². The lowest BCUT2D eigenvalue weighted by molar-refractivity contribution is 0.471.